The first-order valence-electron chi connectivity index (χ1n) is 10.7. The van der Waals surface area contributed by atoms with Gasteiger partial charge in [-0.1, -0.05) is 48.5 Å². The van der Waals surface area contributed by atoms with E-state index in [1.807, 2.05) is 53.4 Å². The number of fused-ring (bicyclic) bond motifs is 3. The maximum atomic E-state index is 13.8. The number of likely N-dealkylation sites (tertiary alicyclic amines) is 1. The van der Waals surface area contributed by atoms with Crippen LogP contribution in [0.25, 0.3) is 11.1 Å². The lowest BCUT2D eigenvalue weighted by Gasteiger charge is -2.39. The number of benzene rings is 3. The third-order valence-corrected chi connectivity index (χ3v) is 6.55. The molecule has 0 bridgehead atoms. The minimum Gasteiger partial charge on any atom is -0.394 e. The molecule has 3 aromatic rings. The molecule has 0 aliphatic carbocycles. The van der Waals surface area contributed by atoms with Gasteiger partial charge in [-0.2, -0.15) is 0 Å². The maximum Gasteiger partial charge on any atom is 0.227 e. The van der Waals surface area contributed by atoms with Crippen LogP contribution in [0.2, 0.25) is 0 Å². The van der Waals surface area contributed by atoms with Crippen molar-refractivity contribution in [3.63, 3.8) is 0 Å². The second-order valence-electron chi connectivity index (χ2n) is 8.39. The molecule has 0 spiro atoms. The highest BCUT2D eigenvalue weighted by atomic mass is 19.1. The van der Waals surface area contributed by atoms with Crippen LogP contribution in [0.5, 0.6) is 0 Å². The predicted molar refractivity (Wildman–Crippen MR) is 119 cm³/mol. The average Bonchev–Trinajstić information content (AvgIpc) is 3.25. The third-order valence-electron chi connectivity index (χ3n) is 6.55. The molecule has 31 heavy (non-hydrogen) atoms. The van der Waals surface area contributed by atoms with Gasteiger partial charge in [-0.25, -0.2) is 4.39 Å². The molecule has 2 aliphatic rings. The number of carbonyl (C=O) groups excluding carboxylic acids is 1. The summed E-state index contributed by atoms with van der Waals surface area (Å²) in [5.74, 6) is -0.0357. The van der Waals surface area contributed by atoms with Crippen LogP contribution in [0.1, 0.15) is 23.6 Å². The van der Waals surface area contributed by atoms with Crippen molar-refractivity contribution in [1.82, 2.24) is 4.90 Å². The van der Waals surface area contributed by atoms with E-state index in [2.05, 4.69) is 11.4 Å². The van der Waals surface area contributed by atoms with Crippen molar-refractivity contribution < 1.29 is 14.3 Å². The predicted octanol–water partition coefficient (Wildman–Crippen LogP) is 4.41. The summed E-state index contributed by atoms with van der Waals surface area (Å²) in [7, 11) is 0. The molecule has 4 nitrogen and oxygen atoms in total. The number of hydrogen-bond donors (Lipinski definition) is 2. The number of hydrogen-bond acceptors (Lipinski definition) is 3. The lowest BCUT2D eigenvalue weighted by Crippen LogP contribution is -2.43. The third kappa shape index (κ3) is 3.70. The zero-order chi connectivity index (χ0) is 21.4. The van der Waals surface area contributed by atoms with Crippen molar-refractivity contribution in [2.24, 2.45) is 5.92 Å². The molecule has 5 rings (SSSR count). The van der Waals surface area contributed by atoms with E-state index >= 15 is 0 Å². The molecule has 3 atom stereocenters. The molecule has 158 valence electrons. The van der Waals surface area contributed by atoms with Gasteiger partial charge in [-0.3, -0.25) is 4.79 Å². The van der Waals surface area contributed by atoms with Crippen LogP contribution in [0.15, 0.2) is 72.8 Å². The molecular formula is C26H25FN2O2. The second kappa shape index (κ2) is 8.16. The van der Waals surface area contributed by atoms with Gasteiger partial charge in [-0.05, 0) is 52.9 Å². The molecule has 5 heteroatoms. The monoisotopic (exact) mass is 416 g/mol. The molecule has 2 aliphatic heterocycles. The summed E-state index contributed by atoms with van der Waals surface area (Å²) in [6.45, 7) is 0.690. The van der Waals surface area contributed by atoms with E-state index < -0.39 is 0 Å². The number of aliphatic hydroxyl groups is 1. The maximum absolute atomic E-state index is 13.8. The van der Waals surface area contributed by atoms with Gasteiger partial charge in [0.05, 0.1) is 25.1 Å². The van der Waals surface area contributed by atoms with Gasteiger partial charge < -0.3 is 15.3 Å². The number of rotatable bonds is 4. The minimum absolute atomic E-state index is 0.0208. The van der Waals surface area contributed by atoms with E-state index in [1.54, 1.807) is 6.07 Å². The average molecular weight is 416 g/mol. The first-order chi connectivity index (χ1) is 15.1. The highest BCUT2D eigenvalue weighted by molar-refractivity contribution is 5.81. The van der Waals surface area contributed by atoms with Gasteiger partial charge in [0.25, 0.3) is 0 Å². The molecule has 2 N–H and O–H groups in total. The molecule has 0 saturated carbocycles. The van der Waals surface area contributed by atoms with E-state index in [1.165, 1.54) is 12.1 Å². The van der Waals surface area contributed by atoms with Gasteiger partial charge in [-0.15, -0.1) is 0 Å². The van der Waals surface area contributed by atoms with Crippen LogP contribution in [0, 0.1) is 11.7 Å². The standard InChI is InChI=1S/C26H25FN2O2/c27-20-8-4-7-18(14-20)19-9-10-23-22(15-19)26-21(24(16-30)28-23)11-12-29(26)25(31)13-17-5-2-1-3-6-17/h1-10,14-15,21,24,26,28,30H,11-13,16H2/t21-,24+,26-/m1/s1. The van der Waals surface area contributed by atoms with Crippen LogP contribution in [0.4, 0.5) is 10.1 Å². The summed E-state index contributed by atoms with van der Waals surface area (Å²) < 4.78 is 13.8. The summed E-state index contributed by atoms with van der Waals surface area (Å²) in [5, 5.41) is 13.4. The molecule has 0 unspecified atom stereocenters. The Morgan fingerprint density at radius 2 is 1.84 bits per heavy atom. The fraction of sp³-hybridized carbons (Fsp3) is 0.269. The quantitative estimate of drug-likeness (QED) is 0.662. The van der Waals surface area contributed by atoms with Crippen molar-refractivity contribution >= 4 is 11.6 Å². The van der Waals surface area contributed by atoms with Crippen molar-refractivity contribution in [2.45, 2.75) is 24.9 Å². The Kier molecular flexibility index (Phi) is 5.20. The van der Waals surface area contributed by atoms with Gasteiger partial charge in [0.15, 0.2) is 0 Å². The topological polar surface area (TPSA) is 52.6 Å². The summed E-state index contributed by atoms with van der Waals surface area (Å²) in [5.41, 5.74) is 4.69. The number of carbonyl (C=O) groups is 1. The van der Waals surface area contributed by atoms with E-state index in [4.69, 9.17) is 0 Å². The minimum atomic E-state index is -0.271. The number of amides is 1. The van der Waals surface area contributed by atoms with Gasteiger partial charge in [0.2, 0.25) is 5.91 Å². The molecule has 1 saturated heterocycles. The largest absolute Gasteiger partial charge is 0.394 e. The Bertz CT molecular complexity index is 1100. The van der Waals surface area contributed by atoms with Crippen LogP contribution < -0.4 is 5.32 Å². The van der Waals surface area contributed by atoms with Crippen molar-refractivity contribution in [3.8, 4) is 11.1 Å². The molecule has 1 fully saturated rings. The van der Waals surface area contributed by atoms with Crippen LogP contribution in [-0.2, 0) is 11.2 Å². The number of aliphatic hydroxyl groups excluding tert-OH is 1. The van der Waals surface area contributed by atoms with Crippen molar-refractivity contribution in [1.29, 1.82) is 0 Å². The Labute approximate surface area is 181 Å². The fourth-order valence-corrected chi connectivity index (χ4v) is 5.06. The Morgan fingerprint density at radius 3 is 2.61 bits per heavy atom. The summed E-state index contributed by atoms with van der Waals surface area (Å²) >= 11 is 0. The molecule has 2 heterocycles. The summed E-state index contributed by atoms with van der Waals surface area (Å²) in [6, 6.07) is 22.2. The first-order valence-corrected chi connectivity index (χ1v) is 10.7. The Morgan fingerprint density at radius 1 is 1.03 bits per heavy atom. The van der Waals surface area contributed by atoms with Crippen LogP contribution in [-0.4, -0.2) is 35.1 Å². The zero-order valence-electron chi connectivity index (χ0n) is 17.2. The first kappa shape index (κ1) is 19.8. The number of halogens is 1. The molecule has 1 amide bonds. The van der Waals surface area contributed by atoms with Gasteiger partial charge in [0.1, 0.15) is 5.82 Å². The molecular weight excluding hydrogens is 391 g/mol. The lowest BCUT2D eigenvalue weighted by atomic mass is 9.82. The fourth-order valence-electron chi connectivity index (χ4n) is 5.06. The number of nitrogens with zero attached hydrogens (tertiary/aromatic N) is 1. The van der Waals surface area contributed by atoms with E-state index in [-0.39, 0.29) is 36.3 Å². The van der Waals surface area contributed by atoms with E-state index in [9.17, 15) is 14.3 Å². The normalized spacial score (nSPS) is 21.9. The molecule has 3 aromatic carbocycles. The van der Waals surface area contributed by atoms with Crippen LogP contribution >= 0.6 is 0 Å². The lowest BCUT2D eigenvalue weighted by molar-refractivity contribution is -0.131. The number of anilines is 1. The highest BCUT2D eigenvalue weighted by Gasteiger charge is 2.45. The Balaban J connectivity index is 1.52. The van der Waals surface area contributed by atoms with Gasteiger partial charge >= 0.3 is 0 Å². The zero-order valence-corrected chi connectivity index (χ0v) is 17.2. The highest BCUT2D eigenvalue weighted by Crippen LogP contribution is 2.47. The van der Waals surface area contributed by atoms with Crippen molar-refractivity contribution in [2.75, 3.05) is 18.5 Å². The smallest absolute Gasteiger partial charge is 0.227 e. The van der Waals surface area contributed by atoms with Crippen molar-refractivity contribution in [3.05, 3.63) is 89.7 Å². The number of nitrogens with one attached hydrogen (secondary N) is 1. The summed E-state index contributed by atoms with van der Waals surface area (Å²) in [6.07, 6.45) is 1.20. The van der Waals surface area contributed by atoms with Crippen LogP contribution in [0.3, 0.4) is 0 Å². The second-order valence-corrected chi connectivity index (χ2v) is 8.39. The van der Waals surface area contributed by atoms with E-state index in [0.717, 1.165) is 34.4 Å². The Hall–Kier alpha value is -3.18. The molecule has 0 radical (unpaired) electrons. The van der Waals surface area contributed by atoms with Gasteiger partial charge in [0, 0.05) is 18.2 Å². The SMILES string of the molecule is O=C(Cc1ccccc1)N1CC[C@@H]2[C@H](CO)Nc3ccc(-c4cccc(F)c4)cc3[C@@H]21. The van der Waals surface area contributed by atoms with E-state index in [0.29, 0.717) is 13.0 Å². The molecule has 0 aromatic heterocycles. The summed E-state index contributed by atoms with van der Waals surface area (Å²) in [4.78, 5) is 15.2.